The van der Waals surface area contributed by atoms with Gasteiger partial charge < -0.3 is 10.2 Å². The summed E-state index contributed by atoms with van der Waals surface area (Å²) in [5.74, 6) is 0.884. The number of aromatic hydroxyl groups is 2. The first kappa shape index (κ1) is 8.89. The quantitative estimate of drug-likeness (QED) is 0.570. The molecule has 0 spiro atoms. The van der Waals surface area contributed by atoms with Crippen LogP contribution in [0.15, 0.2) is 12.2 Å². The fraction of sp³-hybridized carbons (Fsp3) is 0.500. The molecule has 80 valence electrons. The zero-order chi connectivity index (χ0) is 10.4. The van der Waals surface area contributed by atoms with Crippen LogP contribution in [0.5, 0.6) is 11.8 Å². The summed E-state index contributed by atoms with van der Waals surface area (Å²) in [6.45, 7) is 0. The molecule has 0 amide bonds. The zero-order valence-electron chi connectivity index (χ0n) is 8.53. The van der Waals surface area contributed by atoms with Crippen LogP contribution < -0.4 is 0 Å². The molecule has 3 N–H and O–H groups in total. The van der Waals surface area contributed by atoms with Crippen molar-refractivity contribution in [3.63, 3.8) is 0 Å². The Kier molecular flexibility index (Phi) is 1.81. The van der Waals surface area contributed by atoms with Crippen LogP contribution >= 0.6 is 0 Å². The summed E-state index contributed by atoms with van der Waals surface area (Å²) in [5.41, 5.74) is 1.86. The van der Waals surface area contributed by atoms with E-state index in [1.54, 1.807) is 0 Å². The number of hydrogen-bond acceptors (Lipinski definition) is 2. The Morgan fingerprint density at radius 3 is 1.87 bits per heavy atom. The number of aromatic nitrogens is 1. The highest BCUT2D eigenvalue weighted by atomic mass is 16.3. The van der Waals surface area contributed by atoms with Crippen LogP contribution in [-0.2, 0) is 0 Å². The molecule has 2 atom stereocenters. The average Bonchev–Trinajstić information content (AvgIpc) is 2.43. The van der Waals surface area contributed by atoms with Gasteiger partial charge in [0.25, 0.3) is 0 Å². The molecule has 2 aliphatic rings. The molecule has 3 rings (SSSR count). The van der Waals surface area contributed by atoms with Gasteiger partial charge in [-0.15, -0.1) is 0 Å². The first-order valence-electron chi connectivity index (χ1n) is 5.59. The predicted octanol–water partition coefficient (Wildman–Crippen LogP) is 2.74. The van der Waals surface area contributed by atoms with Crippen molar-refractivity contribution in [1.29, 1.82) is 0 Å². The molecule has 3 heteroatoms. The van der Waals surface area contributed by atoms with E-state index in [1.807, 2.05) is 0 Å². The van der Waals surface area contributed by atoms with Crippen molar-refractivity contribution < 1.29 is 10.2 Å². The summed E-state index contributed by atoms with van der Waals surface area (Å²) in [6.07, 6.45) is 8.91. The van der Waals surface area contributed by atoms with E-state index in [4.69, 9.17) is 0 Å². The Balaban J connectivity index is 2.20. The number of allylic oxidation sites excluding steroid dienone is 2. The number of rotatable bonds is 0. The standard InChI is InChI=1S/C12H15NO2/c14-11-9-7-3-1-2-4-8(6-5-7)10(9)12(15)13-11/h5-8,13-15H,1-4H2. The van der Waals surface area contributed by atoms with Crippen molar-refractivity contribution in [3.8, 4) is 11.8 Å². The van der Waals surface area contributed by atoms with Crippen LogP contribution in [0.25, 0.3) is 0 Å². The minimum absolute atomic E-state index is 0.156. The van der Waals surface area contributed by atoms with Crippen molar-refractivity contribution in [2.45, 2.75) is 37.5 Å². The second kappa shape index (κ2) is 3.05. The molecule has 2 unspecified atom stereocenters. The van der Waals surface area contributed by atoms with Crippen LogP contribution in [0.2, 0.25) is 0 Å². The Labute approximate surface area is 88.4 Å². The molecule has 1 heterocycles. The number of nitrogens with one attached hydrogen (secondary N) is 1. The van der Waals surface area contributed by atoms with Crippen molar-refractivity contribution in [3.05, 3.63) is 23.3 Å². The monoisotopic (exact) mass is 205 g/mol. The molecule has 2 aliphatic carbocycles. The van der Waals surface area contributed by atoms with E-state index in [9.17, 15) is 10.2 Å². The van der Waals surface area contributed by atoms with E-state index in [0.717, 1.165) is 24.0 Å². The second-order valence-electron chi connectivity index (χ2n) is 4.53. The maximum atomic E-state index is 9.77. The number of hydrogen-bond donors (Lipinski definition) is 3. The molecule has 0 saturated heterocycles. The average molecular weight is 205 g/mol. The number of fused-ring (bicyclic) bond motifs is 5. The second-order valence-corrected chi connectivity index (χ2v) is 4.53. The van der Waals surface area contributed by atoms with E-state index in [-0.39, 0.29) is 23.6 Å². The van der Waals surface area contributed by atoms with Crippen molar-refractivity contribution in [1.82, 2.24) is 4.98 Å². The van der Waals surface area contributed by atoms with Crippen LogP contribution in [0.1, 0.15) is 48.6 Å². The lowest BCUT2D eigenvalue weighted by molar-refractivity contribution is 0.421. The van der Waals surface area contributed by atoms with Crippen LogP contribution in [-0.4, -0.2) is 15.2 Å². The van der Waals surface area contributed by atoms with Gasteiger partial charge in [-0.1, -0.05) is 25.0 Å². The maximum Gasteiger partial charge on any atom is 0.195 e. The third-order valence-corrected chi connectivity index (χ3v) is 3.63. The van der Waals surface area contributed by atoms with Crippen LogP contribution in [0, 0.1) is 0 Å². The maximum absolute atomic E-state index is 9.77. The van der Waals surface area contributed by atoms with Gasteiger partial charge in [0.05, 0.1) is 0 Å². The minimum Gasteiger partial charge on any atom is -0.494 e. The lowest BCUT2D eigenvalue weighted by Crippen LogP contribution is -2.11. The molecular formula is C12H15NO2. The molecule has 0 aliphatic heterocycles. The third kappa shape index (κ3) is 1.19. The summed E-state index contributed by atoms with van der Waals surface area (Å²) in [7, 11) is 0. The fourth-order valence-electron chi connectivity index (χ4n) is 2.92. The molecule has 0 fully saturated rings. The minimum atomic E-state index is 0.156. The summed E-state index contributed by atoms with van der Waals surface area (Å²) in [5, 5.41) is 19.5. The molecule has 0 aromatic carbocycles. The smallest absolute Gasteiger partial charge is 0.195 e. The zero-order valence-corrected chi connectivity index (χ0v) is 8.53. The Bertz CT molecular complexity index is 383. The third-order valence-electron chi connectivity index (χ3n) is 3.63. The Hall–Kier alpha value is -1.38. The number of H-pyrrole nitrogens is 1. The van der Waals surface area contributed by atoms with Crippen LogP contribution in [0.3, 0.4) is 0 Å². The Morgan fingerprint density at radius 2 is 1.40 bits per heavy atom. The predicted molar refractivity (Wildman–Crippen MR) is 57.2 cm³/mol. The highest BCUT2D eigenvalue weighted by Crippen LogP contribution is 2.48. The van der Waals surface area contributed by atoms with Gasteiger partial charge in [0.2, 0.25) is 0 Å². The van der Waals surface area contributed by atoms with Gasteiger partial charge in [0.1, 0.15) is 0 Å². The summed E-state index contributed by atoms with van der Waals surface area (Å²) >= 11 is 0. The van der Waals surface area contributed by atoms with E-state index in [0.29, 0.717) is 0 Å². The molecule has 3 nitrogen and oxygen atoms in total. The fourth-order valence-corrected chi connectivity index (χ4v) is 2.92. The molecular weight excluding hydrogens is 190 g/mol. The van der Waals surface area contributed by atoms with Gasteiger partial charge in [-0.3, -0.25) is 4.98 Å². The van der Waals surface area contributed by atoms with E-state index in [1.165, 1.54) is 12.8 Å². The topological polar surface area (TPSA) is 56.2 Å². The summed E-state index contributed by atoms with van der Waals surface area (Å²) in [4.78, 5) is 2.65. The van der Waals surface area contributed by atoms with Crippen molar-refractivity contribution >= 4 is 0 Å². The molecule has 0 saturated carbocycles. The van der Waals surface area contributed by atoms with E-state index in [2.05, 4.69) is 17.1 Å². The SMILES string of the molecule is Oc1[nH]c(O)c2c1C1C=CC2CCCC1. The van der Waals surface area contributed by atoms with Gasteiger partial charge in [-0.2, -0.15) is 0 Å². The van der Waals surface area contributed by atoms with Gasteiger partial charge in [0, 0.05) is 23.0 Å². The summed E-state index contributed by atoms with van der Waals surface area (Å²) in [6, 6.07) is 0. The normalized spacial score (nSPS) is 28.5. The van der Waals surface area contributed by atoms with Gasteiger partial charge >= 0.3 is 0 Å². The van der Waals surface area contributed by atoms with Crippen molar-refractivity contribution in [2.75, 3.05) is 0 Å². The molecule has 2 bridgehead atoms. The largest absolute Gasteiger partial charge is 0.494 e. The molecule has 1 aromatic rings. The molecule has 15 heavy (non-hydrogen) atoms. The summed E-state index contributed by atoms with van der Waals surface area (Å²) < 4.78 is 0. The lowest BCUT2D eigenvalue weighted by atomic mass is 9.77. The lowest BCUT2D eigenvalue weighted by Gasteiger charge is -2.27. The van der Waals surface area contributed by atoms with Crippen molar-refractivity contribution in [2.24, 2.45) is 0 Å². The first-order valence-corrected chi connectivity index (χ1v) is 5.59. The van der Waals surface area contributed by atoms with E-state index >= 15 is 0 Å². The highest BCUT2D eigenvalue weighted by molar-refractivity contribution is 5.53. The van der Waals surface area contributed by atoms with Gasteiger partial charge in [0.15, 0.2) is 11.8 Å². The Morgan fingerprint density at radius 1 is 0.933 bits per heavy atom. The molecule has 1 aromatic heterocycles. The van der Waals surface area contributed by atoms with Gasteiger partial charge in [-0.05, 0) is 12.8 Å². The van der Waals surface area contributed by atoms with Gasteiger partial charge in [-0.25, -0.2) is 0 Å². The first-order chi connectivity index (χ1) is 7.27. The number of aromatic amines is 1. The highest BCUT2D eigenvalue weighted by Gasteiger charge is 2.32. The van der Waals surface area contributed by atoms with E-state index < -0.39 is 0 Å². The van der Waals surface area contributed by atoms with Crippen LogP contribution in [0.4, 0.5) is 0 Å². The molecule has 0 radical (unpaired) electrons.